The minimum absolute atomic E-state index is 0.101. The second-order valence-corrected chi connectivity index (χ2v) is 4.73. The molecule has 1 heterocycles. The summed E-state index contributed by atoms with van der Waals surface area (Å²) in [4.78, 5) is 18.5. The summed E-state index contributed by atoms with van der Waals surface area (Å²) in [6.07, 6.45) is 6.49. The summed E-state index contributed by atoms with van der Waals surface area (Å²) in [7, 11) is 0. The fraction of sp³-hybridized carbons (Fsp3) is 0.909. The van der Waals surface area contributed by atoms with E-state index < -0.39 is 0 Å². The SMILES string of the molecule is NOCCC1CCCCN1C(=O)NC1CC1. The largest absolute Gasteiger partial charge is 0.335 e. The van der Waals surface area contributed by atoms with Crippen molar-refractivity contribution in [1.82, 2.24) is 10.2 Å². The second-order valence-electron chi connectivity index (χ2n) is 4.73. The molecule has 0 bridgehead atoms. The van der Waals surface area contributed by atoms with Gasteiger partial charge in [-0.15, -0.1) is 0 Å². The number of rotatable bonds is 4. The van der Waals surface area contributed by atoms with Gasteiger partial charge in [-0.25, -0.2) is 10.7 Å². The van der Waals surface area contributed by atoms with Crippen molar-refractivity contribution in [2.75, 3.05) is 13.2 Å². The van der Waals surface area contributed by atoms with E-state index in [2.05, 4.69) is 10.2 Å². The lowest BCUT2D eigenvalue weighted by molar-refractivity contribution is 0.0924. The molecule has 1 aliphatic carbocycles. The molecule has 5 nitrogen and oxygen atoms in total. The Labute approximate surface area is 96.3 Å². The number of amides is 2. The highest BCUT2D eigenvalue weighted by atomic mass is 16.6. The predicted molar refractivity (Wildman–Crippen MR) is 60.7 cm³/mol. The number of hydrogen-bond acceptors (Lipinski definition) is 3. The highest BCUT2D eigenvalue weighted by Crippen LogP contribution is 2.23. The van der Waals surface area contributed by atoms with E-state index in [0.29, 0.717) is 18.7 Å². The molecule has 2 rings (SSSR count). The van der Waals surface area contributed by atoms with Crippen molar-refractivity contribution in [3.05, 3.63) is 0 Å². The predicted octanol–water partition coefficient (Wildman–Crippen LogP) is 0.993. The first-order valence-electron chi connectivity index (χ1n) is 6.20. The molecule has 0 radical (unpaired) electrons. The number of nitrogens with one attached hydrogen (secondary N) is 1. The summed E-state index contributed by atoms with van der Waals surface area (Å²) in [6, 6.07) is 0.834. The van der Waals surface area contributed by atoms with Crippen molar-refractivity contribution in [3.63, 3.8) is 0 Å². The van der Waals surface area contributed by atoms with Crippen molar-refractivity contribution < 1.29 is 9.63 Å². The number of carbonyl (C=O) groups is 1. The van der Waals surface area contributed by atoms with E-state index in [9.17, 15) is 4.79 Å². The van der Waals surface area contributed by atoms with Crippen LogP contribution in [0, 0.1) is 0 Å². The van der Waals surface area contributed by atoms with Crippen LogP contribution in [0.25, 0.3) is 0 Å². The monoisotopic (exact) mass is 227 g/mol. The number of nitrogens with two attached hydrogens (primary N) is 1. The Morgan fingerprint density at radius 2 is 2.19 bits per heavy atom. The van der Waals surface area contributed by atoms with Crippen LogP contribution in [0.5, 0.6) is 0 Å². The average molecular weight is 227 g/mol. The number of piperidine rings is 1. The fourth-order valence-corrected chi connectivity index (χ4v) is 2.26. The summed E-state index contributed by atoms with van der Waals surface area (Å²) in [5, 5.41) is 3.04. The number of likely N-dealkylation sites (tertiary alicyclic amines) is 1. The van der Waals surface area contributed by atoms with Crippen molar-refractivity contribution in [2.24, 2.45) is 5.90 Å². The summed E-state index contributed by atoms with van der Waals surface area (Å²) >= 11 is 0. The standard InChI is InChI=1S/C11H21N3O2/c12-16-8-6-10-3-1-2-7-14(10)11(15)13-9-4-5-9/h9-10H,1-8,12H2,(H,13,15). The van der Waals surface area contributed by atoms with Gasteiger partial charge in [-0.2, -0.15) is 0 Å². The Kier molecular flexibility index (Phi) is 4.01. The zero-order valence-corrected chi connectivity index (χ0v) is 9.65. The molecule has 5 heteroatoms. The molecule has 1 aliphatic heterocycles. The molecule has 3 N–H and O–H groups in total. The summed E-state index contributed by atoms with van der Waals surface area (Å²) < 4.78 is 0. The van der Waals surface area contributed by atoms with Crippen LogP contribution in [0.4, 0.5) is 4.79 Å². The average Bonchev–Trinajstić information content (AvgIpc) is 3.10. The van der Waals surface area contributed by atoms with E-state index in [1.807, 2.05) is 4.90 Å². The third kappa shape index (κ3) is 3.09. The van der Waals surface area contributed by atoms with E-state index in [1.165, 1.54) is 6.42 Å². The molecule has 0 aromatic rings. The van der Waals surface area contributed by atoms with E-state index >= 15 is 0 Å². The maximum atomic E-state index is 12.0. The maximum Gasteiger partial charge on any atom is 0.317 e. The minimum atomic E-state index is 0.101. The molecular formula is C11H21N3O2. The Morgan fingerprint density at radius 3 is 2.88 bits per heavy atom. The van der Waals surface area contributed by atoms with Crippen molar-refractivity contribution >= 4 is 6.03 Å². The van der Waals surface area contributed by atoms with Crippen molar-refractivity contribution in [2.45, 2.75) is 50.6 Å². The van der Waals surface area contributed by atoms with Crippen LogP contribution in [-0.4, -0.2) is 36.2 Å². The van der Waals surface area contributed by atoms with Gasteiger partial charge in [-0.1, -0.05) is 0 Å². The Hall–Kier alpha value is -0.810. The van der Waals surface area contributed by atoms with E-state index in [-0.39, 0.29) is 6.03 Å². The molecule has 0 aromatic heterocycles. The van der Waals surface area contributed by atoms with Crippen LogP contribution < -0.4 is 11.2 Å². The first kappa shape index (κ1) is 11.7. The molecule has 1 atom stereocenters. The lowest BCUT2D eigenvalue weighted by Crippen LogP contribution is -2.49. The zero-order chi connectivity index (χ0) is 11.4. The third-order valence-corrected chi connectivity index (χ3v) is 3.36. The molecule has 92 valence electrons. The topological polar surface area (TPSA) is 67.6 Å². The van der Waals surface area contributed by atoms with Gasteiger partial charge in [0.1, 0.15) is 0 Å². The van der Waals surface area contributed by atoms with Gasteiger partial charge in [0.2, 0.25) is 0 Å². The molecule has 0 spiro atoms. The van der Waals surface area contributed by atoms with Crippen LogP contribution in [-0.2, 0) is 4.84 Å². The number of nitrogens with zero attached hydrogens (tertiary/aromatic N) is 1. The van der Waals surface area contributed by atoms with E-state index in [4.69, 9.17) is 5.90 Å². The first-order chi connectivity index (χ1) is 7.81. The van der Waals surface area contributed by atoms with Crippen LogP contribution in [0.3, 0.4) is 0 Å². The highest BCUT2D eigenvalue weighted by molar-refractivity contribution is 5.75. The number of carbonyl (C=O) groups excluding carboxylic acids is 1. The number of urea groups is 1. The molecule has 2 fully saturated rings. The lowest BCUT2D eigenvalue weighted by Gasteiger charge is -2.35. The molecule has 1 saturated carbocycles. The third-order valence-electron chi connectivity index (χ3n) is 3.36. The molecule has 2 aliphatic rings. The molecular weight excluding hydrogens is 206 g/mol. The van der Waals surface area contributed by atoms with E-state index in [1.54, 1.807) is 0 Å². The highest BCUT2D eigenvalue weighted by Gasteiger charge is 2.30. The molecule has 16 heavy (non-hydrogen) atoms. The lowest BCUT2D eigenvalue weighted by atomic mass is 10.0. The van der Waals surface area contributed by atoms with Gasteiger partial charge in [0.15, 0.2) is 0 Å². The smallest absolute Gasteiger partial charge is 0.317 e. The molecule has 2 amide bonds. The summed E-state index contributed by atoms with van der Waals surface area (Å²) in [5.74, 6) is 5.04. The Morgan fingerprint density at radius 1 is 1.38 bits per heavy atom. The normalized spacial score (nSPS) is 25.6. The maximum absolute atomic E-state index is 12.0. The van der Waals surface area contributed by atoms with Crippen LogP contribution >= 0.6 is 0 Å². The Bertz CT molecular complexity index is 243. The molecule has 1 saturated heterocycles. The van der Waals surface area contributed by atoms with Gasteiger partial charge < -0.3 is 15.1 Å². The zero-order valence-electron chi connectivity index (χ0n) is 9.65. The number of hydrogen-bond donors (Lipinski definition) is 2. The summed E-state index contributed by atoms with van der Waals surface area (Å²) in [6.45, 7) is 1.39. The van der Waals surface area contributed by atoms with Gasteiger partial charge >= 0.3 is 6.03 Å². The van der Waals surface area contributed by atoms with Gasteiger partial charge in [0, 0.05) is 18.6 Å². The van der Waals surface area contributed by atoms with Crippen molar-refractivity contribution in [3.8, 4) is 0 Å². The first-order valence-corrected chi connectivity index (χ1v) is 6.20. The van der Waals surface area contributed by atoms with Gasteiger partial charge in [-0.3, -0.25) is 0 Å². The summed E-state index contributed by atoms with van der Waals surface area (Å²) in [5.41, 5.74) is 0. The van der Waals surface area contributed by atoms with Gasteiger partial charge in [0.25, 0.3) is 0 Å². The quantitative estimate of drug-likeness (QED) is 0.704. The fourth-order valence-electron chi connectivity index (χ4n) is 2.26. The molecule has 0 aromatic carbocycles. The van der Waals surface area contributed by atoms with Crippen LogP contribution in [0.1, 0.15) is 38.5 Å². The van der Waals surface area contributed by atoms with Crippen LogP contribution in [0.2, 0.25) is 0 Å². The Balaban J connectivity index is 1.84. The van der Waals surface area contributed by atoms with Gasteiger partial charge in [-0.05, 0) is 38.5 Å². The second kappa shape index (κ2) is 5.50. The molecule has 1 unspecified atom stereocenters. The van der Waals surface area contributed by atoms with Gasteiger partial charge in [0.05, 0.1) is 6.61 Å². The minimum Gasteiger partial charge on any atom is -0.335 e. The van der Waals surface area contributed by atoms with Crippen molar-refractivity contribution in [1.29, 1.82) is 0 Å². The van der Waals surface area contributed by atoms with Crippen LogP contribution in [0.15, 0.2) is 0 Å². The van der Waals surface area contributed by atoms with E-state index in [0.717, 1.165) is 38.6 Å².